The van der Waals surface area contributed by atoms with E-state index in [-0.39, 0.29) is 11.6 Å². The highest BCUT2D eigenvalue weighted by atomic mass is 32.2. The summed E-state index contributed by atoms with van der Waals surface area (Å²) in [6.07, 6.45) is 0. The Bertz CT molecular complexity index is 347. The van der Waals surface area contributed by atoms with E-state index in [0.717, 1.165) is 5.75 Å². The van der Waals surface area contributed by atoms with Crippen LogP contribution in [0.4, 0.5) is 4.79 Å². The van der Waals surface area contributed by atoms with E-state index in [1.54, 1.807) is 11.8 Å². The molecule has 0 aliphatic carbocycles. The molecule has 0 aromatic heterocycles. The van der Waals surface area contributed by atoms with Crippen molar-refractivity contribution >= 4 is 23.8 Å². The van der Waals surface area contributed by atoms with Crippen LogP contribution in [-0.2, 0) is 4.79 Å². The van der Waals surface area contributed by atoms with Gasteiger partial charge in [0.05, 0.1) is 0 Å². The maximum Gasteiger partial charge on any atom is 0.327 e. The van der Waals surface area contributed by atoms with Gasteiger partial charge in [-0.1, -0.05) is 0 Å². The Kier molecular flexibility index (Phi) is 5.49. The lowest BCUT2D eigenvalue weighted by atomic mass is 10.0. The molecule has 1 saturated heterocycles. The highest BCUT2D eigenvalue weighted by Gasteiger charge is 2.33. The summed E-state index contributed by atoms with van der Waals surface area (Å²) in [5, 5.41) is 12.0. The monoisotopic (exact) mass is 289 g/mol. The van der Waals surface area contributed by atoms with E-state index in [1.807, 2.05) is 32.8 Å². The van der Waals surface area contributed by atoms with Crippen LogP contribution >= 0.6 is 11.8 Å². The van der Waals surface area contributed by atoms with Crippen molar-refractivity contribution < 1.29 is 14.7 Å². The number of carbonyl (C=O) groups excluding carboxylic acids is 1. The molecule has 7 heteroatoms. The van der Waals surface area contributed by atoms with E-state index in [1.165, 1.54) is 4.90 Å². The lowest BCUT2D eigenvalue weighted by molar-refractivity contribution is -0.141. The molecule has 0 aromatic carbocycles. The third-order valence-electron chi connectivity index (χ3n) is 3.56. The van der Waals surface area contributed by atoms with Crippen LogP contribution < -0.4 is 5.32 Å². The molecular weight excluding hydrogens is 266 g/mol. The number of nitrogens with one attached hydrogen (secondary N) is 1. The molecule has 0 radical (unpaired) electrons. The largest absolute Gasteiger partial charge is 0.480 e. The van der Waals surface area contributed by atoms with Gasteiger partial charge in [-0.3, -0.25) is 0 Å². The third-order valence-corrected chi connectivity index (χ3v) is 4.58. The summed E-state index contributed by atoms with van der Waals surface area (Å²) in [5.74, 6) is 0.308. The maximum atomic E-state index is 12.1. The van der Waals surface area contributed by atoms with Gasteiger partial charge >= 0.3 is 12.0 Å². The summed E-state index contributed by atoms with van der Waals surface area (Å²) >= 11 is 1.57. The Hall–Kier alpha value is -0.950. The van der Waals surface area contributed by atoms with Crippen molar-refractivity contribution in [1.82, 2.24) is 15.1 Å². The molecule has 1 fully saturated rings. The third kappa shape index (κ3) is 4.28. The molecule has 2 amide bonds. The van der Waals surface area contributed by atoms with Gasteiger partial charge in [-0.25, -0.2) is 9.59 Å². The highest BCUT2D eigenvalue weighted by Crippen LogP contribution is 2.17. The van der Waals surface area contributed by atoms with Crippen molar-refractivity contribution in [3.63, 3.8) is 0 Å². The first kappa shape index (κ1) is 16.1. The zero-order valence-corrected chi connectivity index (χ0v) is 12.8. The number of rotatable bonds is 4. The molecule has 0 spiro atoms. The van der Waals surface area contributed by atoms with Crippen molar-refractivity contribution in [1.29, 1.82) is 0 Å². The fraction of sp³-hybridized carbons (Fsp3) is 0.833. The molecule has 19 heavy (non-hydrogen) atoms. The first-order valence-electron chi connectivity index (χ1n) is 6.28. The predicted octanol–water partition coefficient (Wildman–Crippen LogP) is 0.538. The van der Waals surface area contributed by atoms with Gasteiger partial charge in [0.25, 0.3) is 0 Å². The number of carboxylic acids is 1. The van der Waals surface area contributed by atoms with Crippen molar-refractivity contribution in [2.24, 2.45) is 0 Å². The maximum absolute atomic E-state index is 12.1. The number of urea groups is 1. The Morgan fingerprint density at radius 1 is 1.47 bits per heavy atom. The second-order valence-corrected chi connectivity index (χ2v) is 6.64. The molecule has 1 unspecified atom stereocenters. The molecule has 1 aliphatic heterocycles. The van der Waals surface area contributed by atoms with E-state index in [0.29, 0.717) is 18.8 Å². The fourth-order valence-corrected chi connectivity index (χ4v) is 2.64. The van der Waals surface area contributed by atoms with Gasteiger partial charge in [-0.05, 0) is 27.9 Å². The van der Waals surface area contributed by atoms with Crippen LogP contribution in [-0.4, -0.2) is 77.2 Å². The van der Waals surface area contributed by atoms with E-state index >= 15 is 0 Å². The molecule has 6 nitrogen and oxygen atoms in total. The van der Waals surface area contributed by atoms with Crippen molar-refractivity contribution in [2.75, 3.05) is 38.7 Å². The quantitative estimate of drug-likeness (QED) is 0.790. The standard InChI is InChI=1S/C12H23N3O3S/c1-12(2,14(3)4)8-13-11(18)15-5-6-19-7-9(15)10(16)17/h9H,5-8H2,1-4H3,(H,13,18)(H,16,17). The minimum atomic E-state index is -0.936. The Morgan fingerprint density at radius 2 is 2.11 bits per heavy atom. The van der Waals surface area contributed by atoms with E-state index in [2.05, 4.69) is 5.32 Å². The van der Waals surface area contributed by atoms with Crippen molar-refractivity contribution in [3.8, 4) is 0 Å². The van der Waals surface area contributed by atoms with Gasteiger partial charge in [-0.15, -0.1) is 0 Å². The molecule has 1 aliphatic rings. The summed E-state index contributed by atoms with van der Waals surface area (Å²) in [6.45, 7) is 5.01. The van der Waals surface area contributed by atoms with Crippen LogP contribution in [0.15, 0.2) is 0 Å². The summed E-state index contributed by atoms with van der Waals surface area (Å²) in [6, 6.07) is -1.01. The number of likely N-dealkylation sites (N-methyl/N-ethyl adjacent to an activating group) is 1. The molecule has 1 atom stereocenters. The Labute approximate surface area is 118 Å². The SMILES string of the molecule is CN(C)C(C)(C)CNC(=O)N1CCSCC1C(=O)O. The second-order valence-electron chi connectivity index (χ2n) is 5.49. The van der Waals surface area contributed by atoms with Crippen LogP contribution in [0.2, 0.25) is 0 Å². The van der Waals surface area contributed by atoms with Gasteiger partial charge in [0.2, 0.25) is 0 Å². The first-order chi connectivity index (χ1) is 8.75. The second kappa shape index (κ2) is 6.47. The van der Waals surface area contributed by atoms with Gasteiger partial charge in [-0.2, -0.15) is 11.8 Å². The summed E-state index contributed by atoms with van der Waals surface area (Å²) in [4.78, 5) is 26.7. The number of amides is 2. The number of thioether (sulfide) groups is 1. The number of hydrogen-bond donors (Lipinski definition) is 2. The van der Waals surface area contributed by atoms with Crippen molar-refractivity contribution in [2.45, 2.75) is 25.4 Å². The van der Waals surface area contributed by atoms with Crippen LogP contribution in [0, 0.1) is 0 Å². The lowest BCUT2D eigenvalue weighted by Crippen LogP contribution is -2.56. The van der Waals surface area contributed by atoms with Gasteiger partial charge in [0.15, 0.2) is 0 Å². The lowest BCUT2D eigenvalue weighted by Gasteiger charge is -2.36. The van der Waals surface area contributed by atoms with Crippen molar-refractivity contribution in [3.05, 3.63) is 0 Å². The minimum absolute atomic E-state index is 0.168. The van der Waals surface area contributed by atoms with E-state index in [4.69, 9.17) is 5.11 Å². The van der Waals surface area contributed by atoms with Gasteiger partial charge in [0, 0.05) is 30.1 Å². The molecule has 2 N–H and O–H groups in total. The van der Waals surface area contributed by atoms with E-state index in [9.17, 15) is 9.59 Å². The van der Waals surface area contributed by atoms with E-state index < -0.39 is 12.0 Å². The number of hydrogen-bond acceptors (Lipinski definition) is 4. The summed E-state index contributed by atoms with van der Waals surface area (Å²) in [7, 11) is 3.90. The van der Waals surface area contributed by atoms with Crippen LogP contribution in [0.25, 0.3) is 0 Å². The molecule has 0 bridgehead atoms. The summed E-state index contributed by atoms with van der Waals surface area (Å²) in [5.41, 5.74) is -0.168. The molecule has 1 heterocycles. The average molecular weight is 289 g/mol. The minimum Gasteiger partial charge on any atom is -0.480 e. The highest BCUT2D eigenvalue weighted by molar-refractivity contribution is 7.99. The zero-order valence-electron chi connectivity index (χ0n) is 12.0. The summed E-state index contributed by atoms with van der Waals surface area (Å²) < 4.78 is 0. The molecule has 1 rings (SSSR count). The van der Waals surface area contributed by atoms with Crippen LogP contribution in [0.1, 0.15) is 13.8 Å². The number of carboxylic acid groups (broad SMARTS) is 1. The normalized spacial score (nSPS) is 20.5. The first-order valence-corrected chi connectivity index (χ1v) is 7.43. The Balaban J connectivity index is 2.59. The van der Waals surface area contributed by atoms with Crippen LogP contribution in [0.3, 0.4) is 0 Å². The van der Waals surface area contributed by atoms with Gasteiger partial charge < -0.3 is 20.2 Å². The molecule has 0 saturated carbocycles. The molecular formula is C12H23N3O3S. The average Bonchev–Trinajstić information content (AvgIpc) is 2.35. The van der Waals surface area contributed by atoms with Crippen LogP contribution in [0.5, 0.6) is 0 Å². The number of nitrogens with zero attached hydrogens (tertiary/aromatic N) is 2. The van der Waals surface area contributed by atoms with Gasteiger partial charge in [0.1, 0.15) is 6.04 Å². The topological polar surface area (TPSA) is 72.9 Å². The zero-order chi connectivity index (χ0) is 14.6. The predicted molar refractivity (Wildman–Crippen MR) is 76.6 cm³/mol. The molecule has 110 valence electrons. The fourth-order valence-electron chi connectivity index (χ4n) is 1.60. The Morgan fingerprint density at radius 3 is 2.63 bits per heavy atom. The number of carbonyl (C=O) groups is 2. The number of aliphatic carboxylic acids is 1. The smallest absolute Gasteiger partial charge is 0.327 e. The molecule has 0 aromatic rings.